The van der Waals surface area contributed by atoms with E-state index in [1.165, 1.54) is 0 Å². The molecule has 5 heteroatoms. The monoisotopic (exact) mass is 244 g/mol. The fourth-order valence-corrected chi connectivity index (χ4v) is 2.14. The van der Waals surface area contributed by atoms with Gasteiger partial charge in [-0.2, -0.15) is 11.8 Å². The fourth-order valence-electron chi connectivity index (χ4n) is 1.26. The molecule has 0 amide bonds. The van der Waals surface area contributed by atoms with Gasteiger partial charge in [0.1, 0.15) is 11.5 Å². The highest BCUT2D eigenvalue weighted by molar-refractivity contribution is 7.98. The number of thioether (sulfide) groups is 1. The molecule has 0 aliphatic rings. The van der Waals surface area contributed by atoms with Crippen molar-refractivity contribution in [3.63, 3.8) is 0 Å². The minimum Gasteiger partial charge on any atom is -0.464 e. The number of nitrogens with two attached hydrogens (primary N) is 1. The predicted molar refractivity (Wildman–Crippen MR) is 67.3 cm³/mol. The van der Waals surface area contributed by atoms with Gasteiger partial charge in [0.15, 0.2) is 0 Å². The lowest BCUT2D eigenvalue weighted by molar-refractivity contribution is 0.208. The highest BCUT2D eigenvalue weighted by Gasteiger charge is 2.05. The van der Waals surface area contributed by atoms with Gasteiger partial charge in [-0.3, -0.25) is 0 Å². The van der Waals surface area contributed by atoms with Crippen LogP contribution in [-0.4, -0.2) is 42.5 Å². The Morgan fingerprint density at radius 1 is 1.44 bits per heavy atom. The number of nitrogens with zero attached hydrogens (tertiary/aromatic N) is 1. The summed E-state index contributed by atoms with van der Waals surface area (Å²) in [5.74, 6) is 3.36. The first-order chi connectivity index (χ1) is 7.61. The second-order valence-electron chi connectivity index (χ2n) is 4.01. The molecule has 0 fully saturated rings. The fraction of sp³-hybridized carbons (Fsp3) is 0.636. The molecule has 4 nitrogen and oxygen atoms in total. The van der Waals surface area contributed by atoms with E-state index in [-0.39, 0.29) is 0 Å². The van der Waals surface area contributed by atoms with Crippen LogP contribution in [0.3, 0.4) is 0 Å². The van der Waals surface area contributed by atoms with Crippen molar-refractivity contribution >= 4 is 11.8 Å². The van der Waals surface area contributed by atoms with Crippen molar-refractivity contribution in [3.8, 4) is 0 Å². The maximum Gasteiger partial charge on any atom is 0.118 e. The molecule has 1 unspecified atom stereocenters. The van der Waals surface area contributed by atoms with Gasteiger partial charge in [0, 0.05) is 12.3 Å². The molecular weight excluding hydrogens is 224 g/mol. The van der Waals surface area contributed by atoms with Gasteiger partial charge >= 0.3 is 0 Å². The topological polar surface area (TPSA) is 62.6 Å². The number of hydrogen-bond acceptors (Lipinski definition) is 5. The van der Waals surface area contributed by atoms with Crippen molar-refractivity contribution in [1.29, 1.82) is 0 Å². The summed E-state index contributed by atoms with van der Waals surface area (Å²) in [5, 5.41) is 9.28. The SMILES string of the molecule is CN(C)Cc1ccc(CSCC(O)CN)o1. The minimum atomic E-state index is -0.416. The van der Waals surface area contributed by atoms with Crippen molar-refractivity contribution in [3.05, 3.63) is 23.7 Å². The molecule has 0 spiro atoms. The first-order valence-corrected chi connectivity index (χ1v) is 6.45. The Bertz CT molecular complexity index is 302. The van der Waals surface area contributed by atoms with Crippen molar-refractivity contribution in [1.82, 2.24) is 4.90 Å². The summed E-state index contributed by atoms with van der Waals surface area (Å²) in [6, 6.07) is 3.98. The first kappa shape index (κ1) is 13.6. The lowest BCUT2D eigenvalue weighted by atomic mass is 10.4. The van der Waals surface area contributed by atoms with Gasteiger partial charge in [-0.15, -0.1) is 0 Å². The van der Waals surface area contributed by atoms with Gasteiger partial charge in [-0.25, -0.2) is 0 Å². The number of furan rings is 1. The Kier molecular flexibility index (Phi) is 5.90. The predicted octanol–water partition coefficient (Wildman–Crippen LogP) is 0.894. The molecule has 0 bridgehead atoms. The van der Waals surface area contributed by atoms with Crippen molar-refractivity contribution in [2.45, 2.75) is 18.4 Å². The van der Waals surface area contributed by atoms with Gasteiger partial charge in [-0.1, -0.05) is 0 Å². The quantitative estimate of drug-likeness (QED) is 0.746. The van der Waals surface area contributed by atoms with Gasteiger partial charge in [0.05, 0.1) is 18.4 Å². The molecule has 1 heterocycles. The van der Waals surface area contributed by atoms with Crippen molar-refractivity contribution in [2.75, 3.05) is 26.4 Å². The Hall–Kier alpha value is -0.490. The molecule has 16 heavy (non-hydrogen) atoms. The Balaban J connectivity index is 2.29. The van der Waals surface area contributed by atoms with Gasteiger partial charge in [0.25, 0.3) is 0 Å². The summed E-state index contributed by atoms with van der Waals surface area (Å²) in [6.45, 7) is 1.13. The Labute approximate surface area is 101 Å². The number of rotatable bonds is 7. The van der Waals surface area contributed by atoms with Crippen molar-refractivity contribution < 1.29 is 9.52 Å². The summed E-state index contributed by atoms with van der Waals surface area (Å²) in [7, 11) is 4.02. The normalized spacial score (nSPS) is 13.3. The van der Waals surface area contributed by atoms with E-state index in [0.29, 0.717) is 12.3 Å². The van der Waals surface area contributed by atoms with E-state index in [4.69, 9.17) is 10.2 Å². The van der Waals surface area contributed by atoms with Crippen LogP contribution in [0.4, 0.5) is 0 Å². The average Bonchev–Trinajstić information content (AvgIpc) is 2.64. The van der Waals surface area contributed by atoms with Crippen LogP contribution >= 0.6 is 11.8 Å². The second kappa shape index (κ2) is 6.96. The minimum absolute atomic E-state index is 0.317. The van der Waals surface area contributed by atoms with Crippen LogP contribution in [0.15, 0.2) is 16.5 Å². The zero-order valence-electron chi connectivity index (χ0n) is 9.85. The molecule has 1 aromatic rings. The van der Waals surface area contributed by atoms with Crippen molar-refractivity contribution in [2.24, 2.45) is 5.73 Å². The van der Waals surface area contributed by atoms with Crippen LogP contribution in [0.2, 0.25) is 0 Å². The van der Waals surface area contributed by atoms with Crippen LogP contribution in [-0.2, 0) is 12.3 Å². The van der Waals surface area contributed by atoms with Crippen LogP contribution < -0.4 is 5.73 Å². The molecule has 1 rings (SSSR count). The Morgan fingerprint density at radius 3 is 2.75 bits per heavy atom. The molecule has 3 N–H and O–H groups in total. The summed E-state index contributed by atoms with van der Waals surface area (Å²) < 4.78 is 5.63. The molecule has 0 aliphatic heterocycles. The molecule has 0 aromatic carbocycles. The molecule has 0 saturated carbocycles. The molecule has 92 valence electrons. The van der Waals surface area contributed by atoms with E-state index >= 15 is 0 Å². The van der Waals surface area contributed by atoms with Crippen LogP contribution in [0.1, 0.15) is 11.5 Å². The van der Waals surface area contributed by atoms with E-state index in [1.807, 2.05) is 26.2 Å². The van der Waals surface area contributed by atoms with Crippen LogP contribution in [0, 0.1) is 0 Å². The smallest absolute Gasteiger partial charge is 0.118 e. The van der Waals surface area contributed by atoms with Gasteiger partial charge < -0.3 is 20.2 Å². The highest BCUT2D eigenvalue weighted by Crippen LogP contribution is 2.16. The third kappa shape index (κ3) is 5.03. The second-order valence-corrected chi connectivity index (χ2v) is 5.04. The lowest BCUT2D eigenvalue weighted by Gasteiger charge is -2.06. The molecule has 1 atom stereocenters. The molecule has 0 radical (unpaired) electrons. The summed E-state index contributed by atoms with van der Waals surface area (Å²) >= 11 is 1.63. The van der Waals surface area contributed by atoms with Gasteiger partial charge in [0.2, 0.25) is 0 Å². The van der Waals surface area contributed by atoms with E-state index in [1.54, 1.807) is 11.8 Å². The Morgan fingerprint density at radius 2 is 2.12 bits per heavy atom. The maximum absolute atomic E-state index is 9.28. The van der Waals surface area contributed by atoms with Crippen LogP contribution in [0.25, 0.3) is 0 Å². The number of hydrogen-bond donors (Lipinski definition) is 2. The third-order valence-corrected chi connectivity index (χ3v) is 3.13. The first-order valence-electron chi connectivity index (χ1n) is 5.30. The molecule has 1 aromatic heterocycles. The molecular formula is C11H20N2O2S. The highest BCUT2D eigenvalue weighted by atomic mass is 32.2. The lowest BCUT2D eigenvalue weighted by Crippen LogP contribution is -2.21. The van der Waals surface area contributed by atoms with Gasteiger partial charge in [-0.05, 0) is 26.2 Å². The van der Waals surface area contributed by atoms with E-state index in [2.05, 4.69) is 4.90 Å². The third-order valence-electron chi connectivity index (χ3n) is 2.02. The molecule has 0 saturated heterocycles. The zero-order valence-corrected chi connectivity index (χ0v) is 10.7. The van der Waals surface area contributed by atoms with E-state index in [9.17, 15) is 5.11 Å². The molecule has 0 aliphatic carbocycles. The summed E-state index contributed by atoms with van der Waals surface area (Å²) in [4.78, 5) is 2.06. The average molecular weight is 244 g/mol. The summed E-state index contributed by atoms with van der Waals surface area (Å²) in [6.07, 6.45) is -0.416. The standard InChI is InChI=1S/C11H20N2O2S/c1-13(2)6-10-3-4-11(15-10)8-16-7-9(14)5-12/h3-4,9,14H,5-8,12H2,1-2H3. The van der Waals surface area contributed by atoms with E-state index in [0.717, 1.165) is 23.8 Å². The van der Waals surface area contributed by atoms with Crippen LogP contribution in [0.5, 0.6) is 0 Å². The number of aliphatic hydroxyl groups is 1. The largest absolute Gasteiger partial charge is 0.464 e. The van der Waals surface area contributed by atoms with E-state index < -0.39 is 6.10 Å². The summed E-state index contributed by atoms with van der Waals surface area (Å²) in [5.41, 5.74) is 5.32. The number of aliphatic hydroxyl groups excluding tert-OH is 1. The maximum atomic E-state index is 9.28. The zero-order chi connectivity index (χ0) is 12.0.